The SMILES string of the molecule is O=C(NC(=S)NC1C2CC3CC(C2)CC1C3)c1ccc(-c2ccccc2[N+](=O)[O-])o1. The number of benzene rings is 1. The molecule has 4 bridgehead atoms. The lowest BCUT2D eigenvalue weighted by Crippen LogP contribution is -2.57. The number of nitrogens with zero attached hydrogens (tertiary/aromatic N) is 1. The fourth-order valence-electron chi connectivity index (χ4n) is 5.96. The molecule has 0 radical (unpaired) electrons. The highest BCUT2D eigenvalue weighted by Gasteiger charge is 2.48. The van der Waals surface area contributed by atoms with E-state index in [1.165, 1.54) is 44.2 Å². The normalized spacial score (nSPS) is 28.9. The topological polar surface area (TPSA) is 97.4 Å². The summed E-state index contributed by atoms with van der Waals surface area (Å²) < 4.78 is 5.60. The summed E-state index contributed by atoms with van der Waals surface area (Å²) in [6, 6.07) is 9.68. The van der Waals surface area contributed by atoms with Crippen molar-refractivity contribution in [2.45, 2.75) is 38.1 Å². The average molecular weight is 426 g/mol. The number of amides is 1. The van der Waals surface area contributed by atoms with Crippen molar-refractivity contribution < 1.29 is 14.1 Å². The van der Waals surface area contributed by atoms with Gasteiger partial charge in [-0.25, -0.2) is 0 Å². The van der Waals surface area contributed by atoms with Crippen LogP contribution in [0.1, 0.15) is 42.7 Å². The summed E-state index contributed by atoms with van der Waals surface area (Å²) in [5.41, 5.74) is 0.258. The van der Waals surface area contributed by atoms with Gasteiger partial charge < -0.3 is 9.73 Å². The molecule has 7 nitrogen and oxygen atoms in total. The summed E-state index contributed by atoms with van der Waals surface area (Å²) in [7, 11) is 0. The summed E-state index contributed by atoms with van der Waals surface area (Å²) in [5, 5.41) is 17.7. The molecule has 0 atom stereocenters. The zero-order valence-corrected chi connectivity index (χ0v) is 17.2. The predicted octanol–water partition coefficient (Wildman–Crippen LogP) is 4.28. The van der Waals surface area contributed by atoms with Crippen LogP contribution in [-0.4, -0.2) is 22.0 Å². The quantitative estimate of drug-likeness (QED) is 0.431. The number of nitrogens with one attached hydrogen (secondary N) is 2. The highest BCUT2D eigenvalue weighted by molar-refractivity contribution is 7.80. The first-order valence-electron chi connectivity index (χ1n) is 10.4. The smallest absolute Gasteiger partial charge is 0.293 e. The molecule has 4 aliphatic carbocycles. The van der Waals surface area contributed by atoms with Crippen LogP contribution in [0.25, 0.3) is 11.3 Å². The van der Waals surface area contributed by atoms with Crippen molar-refractivity contribution in [1.29, 1.82) is 0 Å². The van der Waals surface area contributed by atoms with Crippen LogP contribution in [0.15, 0.2) is 40.8 Å². The monoisotopic (exact) mass is 425 g/mol. The Hall–Kier alpha value is -2.74. The Morgan fingerprint density at radius 1 is 1.03 bits per heavy atom. The lowest BCUT2D eigenvalue weighted by molar-refractivity contribution is -0.384. The summed E-state index contributed by atoms with van der Waals surface area (Å²) in [5.74, 6) is 2.91. The number of furan rings is 1. The van der Waals surface area contributed by atoms with Crippen LogP contribution in [0.5, 0.6) is 0 Å². The molecule has 2 N–H and O–H groups in total. The molecule has 156 valence electrons. The van der Waals surface area contributed by atoms with Crippen LogP contribution in [0.2, 0.25) is 0 Å². The Morgan fingerprint density at radius 2 is 1.70 bits per heavy atom. The van der Waals surface area contributed by atoms with Gasteiger partial charge in [0, 0.05) is 12.1 Å². The maximum absolute atomic E-state index is 12.6. The maximum Gasteiger partial charge on any atom is 0.293 e. The van der Waals surface area contributed by atoms with E-state index in [9.17, 15) is 14.9 Å². The van der Waals surface area contributed by atoms with Gasteiger partial charge in [0.05, 0.1) is 10.5 Å². The molecule has 1 aromatic heterocycles. The zero-order chi connectivity index (χ0) is 20.8. The fraction of sp³-hybridized carbons (Fsp3) is 0.455. The van der Waals surface area contributed by atoms with Crippen molar-refractivity contribution in [1.82, 2.24) is 10.6 Å². The summed E-state index contributed by atoms with van der Waals surface area (Å²) >= 11 is 5.41. The Morgan fingerprint density at radius 3 is 2.37 bits per heavy atom. The molecule has 0 aliphatic heterocycles. The molecular weight excluding hydrogens is 402 g/mol. The molecule has 0 spiro atoms. The van der Waals surface area contributed by atoms with Crippen molar-refractivity contribution in [3.05, 3.63) is 52.3 Å². The third kappa shape index (κ3) is 3.49. The van der Waals surface area contributed by atoms with E-state index in [4.69, 9.17) is 16.6 Å². The third-order valence-electron chi connectivity index (χ3n) is 6.95. The first-order valence-corrected chi connectivity index (χ1v) is 10.8. The van der Waals surface area contributed by atoms with E-state index < -0.39 is 10.8 Å². The van der Waals surface area contributed by atoms with Crippen molar-refractivity contribution in [2.75, 3.05) is 0 Å². The summed E-state index contributed by atoms with van der Waals surface area (Å²) in [4.78, 5) is 23.4. The van der Waals surface area contributed by atoms with Gasteiger partial charge in [-0.05, 0) is 86.2 Å². The van der Waals surface area contributed by atoms with Crippen LogP contribution < -0.4 is 10.6 Å². The molecule has 1 aromatic carbocycles. The standard InChI is InChI=1S/C22H23N3O4S/c26-21(19-6-5-18(29-19)16-3-1-2-4-17(16)25(27)28)24-22(30)23-20-14-8-12-7-13(10-14)11-15(20)9-12/h1-6,12-15,20H,7-11H2,(H2,23,24,26,30). The van der Waals surface area contributed by atoms with Crippen molar-refractivity contribution in [3.8, 4) is 11.3 Å². The van der Waals surface area contributed by atoms with Crippen LogP contribution in [0, 0.1) is 33.8 Å². The number of hydrogen-bond donors (Lipinski definition) is 2. The van der Waals surface area contributed by atoms with E-state index in [2.05, 4.69) is 10.6 Å². The van der Waals surface area contributed by atoms with E-state index in [1.807, 2.05) is 0 Å². The van der Waals surface area contributed by atoms with E-state index in [1.54, 1.807) is 24.3 Å². The van der Waals surface area contributed by atoms with E-state index in [-0.39, 0.29) is 17.2 Å². The Bertz CT molecular complexity index is 989. The number of nitro benzene ring substituents is 1. The van der Waals surface area contributed by atoms with Crippen LogP contribution >= 0.6 is 12.2 Å². The van der Waals surface area contributed by atoms with Gasteiger partial charge in [-0.1, -0.05) is 12.1 Å². The Labute approximate surface area is 179 Å². The molecule has 4 fully saturated rings. The molecule has 8 heteroatoms. The molecule has 4 aliphatic rings. The van der Waals surface area contributed by atoms with Gasteiger partial charge in [0.1, 0.15) is 5.76 Å². The Balaban J connectivity index is 1.24. The lowest BCUT2D eigenvalue weighted by Gasteiger charge is -2.54. The first-order chi connectivity index (χ1) is 14.5. The predicted molar refractivity (Wildman–Crippen MR) is 115 cm³/mol. The maximum atomic E-state index is 12.6. The van der Waals surface area contributed by atoms with Crippen LogP contribution in [0.3, 0.4) is 0 Å². The number of para-hydroxylation sites is 1. The van der Waals surface area contributed by atoms with Crippen molar-refractivity contribution >= 4 is 28.9 Å². The minimum Gasteiger partial charge on any atom is -0.451 e. The number of nitro groups is 1. The lowest BCUT2D eigenvalue weighted by atomic mass is 9.54. The number of thiocarbonyl (C=S) groups is 1. The second-order valence-corrected chi connectivity index (χ2v) is 9.23. The van der Waals surface area contributed by atoms with Crippen molar-refractivity contribution in [2.24, 2.45) is 23.7 Å². The second kappa shape index (κ2) is 7.50. The molecule has 2 aromatic rings. The number of rotatable bonds is 4. The fourth-order valence-corrected chi connectivity index (χ4v) is 6.19. The Kier molecular flexibility index (Phi) is 4.81. The third-order valence-corrected chi connectivity index (χ3v) is 7.17. The molecular formula is C22H23N3O4S. The first kappa shape index (κ1) is 19.2. The van der Waals surface area contributed by atoms with Gasteiger partial charge >= 0.3 is 0 Å². The molecule has 30 heavy (non-hydrogen) atoms. The number of carbonyl (C=O) groups excluding carboxylic acids is 1. The number of hydrogen-bond acceptors (Lipinski definition) is 5. The minimum atomic E-state index is -0.471. The molecule has 0 saturated heterocycles. The largest absolute Gasteiger partial charge is 0.451 e. The van der Waals surface area contributed by atoms with E-state index in [0.29, 0.717) is 28.6 Å². The van der Waals surface area contributed by atoms with Gasteiger partial charge in [-0.3, -0.25) is 20.2 Å². The molecule has 0 unspecified atom stereocenters. The van der Waals surface area contributed by atoms with Gasteiger partial charge in [0.25, 0.3) is 11.6 Å². The van der Waals surface area contributed by atoms with Crippen LogP contribution in [-0.2, 0) is 0 Å². The highest BCUT2D eigenvalue weighted by atomic mass is 32.1. The number of carbonyl (C=O) groups is 1. The molecule has 4 saturated carbocycles. The van der Waals surface area contributed by atoms with Crippen molar-refractivity contribution in [3.63, 3.8) is 0 Å². The zero-order valence-electron chi connectivity index (χ0n) is 16.4. The molecule has 1 heterocycles. The van der Waals surface area contributed by atoms with E-state index >= 15 is 0 Å². The summed E-state index contributed by atoms with van der Waals surface area (Å²) in [6.45, 7) is 0. The minimum absolute atomic E-state index is 0.0670. The van der Waals surface area contributed by atoms with Gasteiger partial charge in [-0.15, -0.1) is 0 Å². The van der Waals surface area contributed by atoms with E-state index in [0.717, 1.165) is 11.8 Å². The summed E-state index contributed by atoms with van der Waals surface area (Å²) in [6.07, 6.45) is 6.44. The van der Waals surface area contributed by atoms with Gasteiger partial charge in [0.15, 0.2) is 10.9 Å². The second-order valence-electron chi connectivity index (χ2n) is 8.82. The van der Waals surface area contributed by atoms with Gasteiger partial charge in [0.2, 0.25) is 0 Å². The molecule has 1 amide bonds. The average Bonchev–Trinajstić information content (AvgIpc) is 3.20. The highest BCUT2D eigenvalue weighted by Crippen LogP contribution is 2.53. The molecule has 6 rings (SSSR count). The van der Waals surface area contributed by atoms with Gasteiger partial charge in [-0.2, -0.15) is 0 Å². The van der Waals surface area contributed by atoms with Crippen LogP contribution in [0.4, 0.5) is 5.69 Å².